The number of imidazole rings is 1. The SMILES string of the molecule is O=C(O)c1cccc2nc(-n3cnc([N+](=O)[O-])c3)ccc12. The summed E-state index contributed by atoms with van der Waals surface area (Å²) in [6, 6.07) is 7.97. The lowest BCUT2D eigenvalue weighted by molar-refractivity contribution is -0.389. The van der Waals surface area contributed by atoms with Crippen molar-refractivity contribution in [1.29, 1.82) is 0 Å². The molecular weight excluding hydrogens is 276 g/mol. The van der Waals surface area contributed by atoms with Crippen LogP contribution >= 0.6 is 0 Å². The first-order chi connectivity index (χ1) is 10.1. The second-order valence-electron chi connectivity index (χ2n) is 4.24. The quantitative estimate of drug-likeness (QED) is 0.581. The molecule has 104 valence electrons. The predicted octanol–water partition coefficient (Wildman–Crippen LogP) is 2.03. The molecule has 0 saturated carbocycles. The third-order valence-electron chi connectivity index (χ3n) is 2.97. The Balaban J connectivity index is 2.13. The van der Waals surface area contributed by atoms with Crippen molar-refractivity contribution in [3.05, 3.63) is 58.5 Å². The van der Waals surface area contributed by atoms with Gasteiger partial charge in [-0.25, -0.2) is 9.78 Å². The third-order valence-corrected chi connectivity index (χ3v) is 2.97. The van der Waals surface area contributed by atoms with Crippen LogP contribution in [0.4, 0.5) is 5.82 Å². The Bertz CT molecular complexity index is 871. The number of fused-ring (bicyclic) bond motifs is 1. The second-order valence-corrected chi connectivity index (χ2v) is 4.24. The van der Waals surface area contributed by atoms with Crippen LogP contribution in [0.2, 0.25) is 0 Å². The maximum atomic E-state index is 11.1. The molecule has 2 aromatic heterocycles. The molecule has 0 fully saturated rings. The highest BCUT2D eigenvalue weighted by molar-refractivity contribution is 6.02. The van der Waals surface area contributed by atoms with Gasteiger partial charge in [0, 0.05) is 5.39 Å². The Labute approximate surface area is 117 Å². The number of aromatic carboxylic acids is 1. The van der Waals surface area contributed by atoms with E-state index < -0.39 is 10.9 Å². The topological polar surface area (TPSA) is 111 Å². The number of benzene rings is 1. The van der Waals surface area contributed by atoms with Gasteiger partial charge >= 0.3 is 11.8 Å². The number of hydrogen-bond acceptors (Lipinski definition) is 5. The number of aromatic nitrogens is 3. The van der Waals surface area contributed by atoms with E-state index in [-0.39, 0.29) is 11.4 Å². The molecule has 0 bridgehead atoms. The van der Waals surface area contributed by atoms with Crippen molar-refractivity contribution < 1.29 is 14.8 Å². The van der Waals surface area contributed by atoms with Gasteiger partial charge in [-0.15, -0.1) is 0 Å². The van der Waals surface area contributed by atoms with Gasteiger partial charge in [0.05, 0.1) is 11.1 Å². The fraction of sp³-hybridized carbons (Fsp3) is 0. The summed E-state index contributed by atoms with van der Waals surface area (Å²) >= 11 is 0. The van der Waals surface area contributed by atoms with Crippen molar-refractivity contribution >= 4 is 22.7 Å². The molecule has 8 heteroatoms. The van der Waals surface area contributed by atoms with Gasteiger partial charge in [-0.1, -0.05) is 6.07 Å². The van der Waals surface area contributed by atoms with Crippen LogP contribution in [0.5, 0.6) is 0 Å². The maximum absolute atomic E-state index is 11.1. The van der Waals surface area contributed by atoms with E-state index in [9.17, 15) is 14.9 Å². The van der Waals surface area contributed by atoms with E-state index in [4.69, 9.17) is 5.11 Å². The molecule has 0 aliphatic heterocycles. The molecule has 0 saturated heterocycles. The van der Waals surface area contributed by atoms with E-state index in [1.807, 2.05) is 0 Å². The van der Waals surface area contributed by atoms with Crippen molar-refractivity contribution in [2.24, 2.45) is 0 Å². The van der Waals surface area contributed by atoms with E-state index in [0.29, 0.717) is 16.7 Å². The maximum Gasteiger partial charge on any atom is 0.381 e. The summed E-state index contributed by atoms with van der Waals surface area (Å²) < 4.78 is 1.41. The van der Waals surface area contributed by atoms with Gasteiger partial charge in [0.15, 0.2) is 0 Å². The van der Waals surface area contributed by atoms with Crippen molar-refractivity contribution in [1.82, 2.24) is 14.5 Å². The largest absolute Gasteiger partial charge is 0.478 e. The number of hydrogen-bond donors (Lipinski definition) is 1. The minimum absolute atomic E-state index is 0.156. The molecule has 0 aliphatic carbocycles. The van der Waals surface area contributed by atoms with Gasteiger partial charge in [0.2, 0.25) is 6.33 Å². The van der Waals surface area contributed by atoms with Crippen molar-refractivity contribution in [2.75, 3.05) is 0 Å². The second kappa shape index (κ2) is 4.67. The minimum Gasteiger partial charge on any atom is -0.478 e. The van der Waals surface area contributed by atoms with E-state index in [1.54, 1.807) is 24.3 Å². The molecule has 0 amide bonds. The normalized spacial score (nSPS) is 10.7. The minimum atomic E-state index is -1.03. The Kier molecular flexibility index (Phi) is 2.83. The molecule has 2 heterocycles. The van der Waals surface area contributed by atoms with Crippen LogP contribution in [-0.4, -0.2) is 30.5 Å². The van der Waals surface area contributed by atoms with E-state index in [1.165, 1.54) is 23.2 Å². The highest BCUT2D eigenvalue weighted by Gasteiger charge is 2.13. The monoisotopic (exact) mass is 284 g/mol. The Morgan fingerprint density at radius 1 is 1.29 bits per heavy atom. The summed E-state index contributed by atoms with van der Waals surface area (Å²) in [6.45, 7) is 0. The average molecular weight is 284 g/mol. The van der Waals surface area contributed by atoms with Crippen molar-refractivity contribution in [3.63, 3.8) is 0 Å². The van der Waals surface area contributed by atoms with Gasteiger partial charge < -0.3 is 15.2 Å². The molecule has 0 atom stereocenters. The predicted molar refractivity (Wildman–Crippen MR) is 72.5 cm³/mol. The third kappa shape index (κ3) is 2.18. The van der Waals surface area contributed by atoms with E-state index >= 15 is 0 Å². The van der Waals surface area contributed by atoms with Gasteiger partial charge in [-0.2, -0.15) is 0 Å². The Hall–Kier alpha value is -3.29. The summed E-state index contributed by atoms with van der Waals surface area (Å²) in [6.07, 6.45) is 2.53. The summed E-state index contributed by atoms with van der Waals surface area (Å²) in [5.74, 6) is -0.893. The molecule has 21 heavy (non-hydrogen) atoms. The molecule has 1 aromatic carbocycles. The van der Waals surface area contributed by atoms with Gasteiger partial charge in [-0.05, 0) is 34.2 Å². The molecule has 8 nitrogen and oxygen atoms in total. The van der Waals surface area contributed by atoms with Crippen LogP contribution in [0.3, 0.4) is 0 Å². The first-order valence-electron chi connectivity index (χ1n) is 5.88. The van der Waals surface area contributed by atoms with E-state index in [2.05, 4.69) is 9.97 Å². The molecule has 0 aliphatic rings. The molecule has 3 rings (SSSR count). The molecule has 0 radical (unpaired) electrons. The average Bonchev–Trinajstić information content (AvgIpc) is 2.96. The Morgan fingerprint density at radius 3 is 2.76 bits per heavy atom. The summed E-state index contributed by atoms with van der Waals surface area (Å²) in [5.41, 5.74) is 0.645. The number of carbonyl (C=O) groups is 1. The van der Waals surface area contributed by atoms with Gasteiger partial charge in [0.1, 0.15) is 12.0 Å². The van der Waals surface area contributed by atoms with Gasteiger partial charge in [-0.3, -0.25) is 4.57 Å². The zero-order valence-electron chi connectivity index (χ0n) is 10.5. The van der Waals surface area contributed by atoms with E-state index in [0.717, 1.165) is 0 Å². The van der Waals surface area contributed by atoms with Crippen LogP contribution in [0.1, 0.15) is 10.4 Å². The molecule has 0 spiro atoms. The van der Waals surface area contributed by atoms with Crippen molar-refractivity contribution in [2.45, 2.75) is 0 Å². The number of rotatable bonds is 3. The number of pyridine rings is 1. The lowest BCUT2D eigenvalue weighted by atomic mass is 10.1. The smallest absolute Gasteiger partial charge is 0.381 e. The first-order valence-corrected chi connectivity index (χ1v) is 5.88. The zero-order chi connectivity index (χ0) is 15.0. The molecular formula is C13H8N4O4. The number of nitro groups is 1. The van der Waals surface area contributed by atoms with Crippen LogP contribution < -0.4 is 0 Å². The number of carboxylic acids is 1. The molecule has 3 aromatic rings. The fourth-order valence-corrected chi connectivity index (χ4v) is 2.01. The Morgan fingerprint density at radius 2 is 2.10 bits per heavy atom. The fourth-order valence-electron chi connectivity index (χ4n) is 2.01. The lowest BCUT2D eigenvalue weighted by Gasteiger charge is -2.04. The molecule has 0 unspecified atom stereocenters. The molecule has 1 N–H and O–H groups in total. The van der Waals surface area contributed by atoms with Gasteiger partial charge in [0.25, 0.3) is 0 Å². The first kappa shape index (κ1) is 12.7. The van der Waals surface area contributed by atoms with Crippen LogP contribution in [0.15, 0.2) is 42.9 Å². The van der Waals surface area contributed by atoms with Crippen molar-refractivity contribution in [3.8, 4) is 5.82 Å². The summed E-state index contributed by atoms with van der Waals surface area (Å²) in [7, 11) is 0. The zero-order valence-corrected chi connectivity index (χ0v) is 10.5. The summed E-state index contributed by atoms with van der Waals surface area (Å²) in [4.78, 5) is 29.1. The van der Waals surface area contributed by atoms with Crippen LogP contribution in [0.25, 0.3) is 16.7 Å². The highest BCUT2D eigenvalue weighted by atomic mass is 16.6. The standard InChI is InChI=1S/C13H8N4O4/c18-13(19)9-2-1-3-10-8(9)4-5-11(15-10)16-6-12(14-7-16)17(20)21/h1-7H,(H,18,19). The summed E-state index contributed by atoms with van der Waals surface area (Å²) in [5, 5.41) is 20.2. The highest BCUT2D eigenvalue weighted by Crippen LogP contribution is 2.20. The lowest BCUT2D eigenvalue weighted by Crippen LogP contribution is -2.00. The van der Waals surface area contributed by atoms with Crippen LogP contribution in [0, 0.1) is 10.1 Å². The number of carboxylic acid groups (broad SMARTS) is 1. The number of nitrogens with zero attached hydrogens (tertiary/aromatic N) is 4. The van der Waals surface area contributed by atoms with Crippen LogP contribution in [-0.2, 0) is 0 Å².